The molecular weight excluding hydrogens is 324 g/mol. The van der Waals surface area contributed by atoms with E-state index >= 15 is 0 Å². The lowest BCUT2D eigenvalue weighted by Crippen LogP contribution is -2.17. The van der Waals surface area contributed by atoms with Gasteiger partial charge in [0.15, 0.2) is 0 Å². The predicted molar refractivity (Wildman–Crippen MR) is 114 cm³/mol. The van der Waals surface area contributed by atoms with E-state index < -0.39 is 0 Å². The third-order valence-electron chi connectivity index (χ3n) is 4.81. The Morgan fingerprint density at radius 1 is 1.00 bits per heavy atom. The zero-order valence-electron chi connectivity index (χ0n) is 17.1. The SMILES string of the molecule is C#CC1CCCC[C@@H]1S.Cc1cc(C(C)(C)C)c(O)c(C(C)(C)C)c1. The fourth-order valence-corrected chi connectivity index (χ4v) is 3.65. The summed E-state index contributed by atoms with van der Waals surface area (Å²) >= 11 is 4.39. The van der Waals surface area contributed by atoms with Crippen LogP contribution in [0.2, 0.25) is 0 Å². The molecule has 0 aromatic heterocycles. The summed E-state index contributed by atoms with van der Waals surface area (Å²) in [7, 11) is 0. The Kier molecular flexibility index (Phi) is 7.51. The molecule has 1 aromatic rings. The normalized spacial score (nSPS) is 21.1. The maximum Gasteiger partial charge on any atom is 0.123 e. The maximum absolute atomic E-state index is 10.4. The lowest BCUT2D eigenvalue weighted by molar-refractivity contribution is 0.423. The van der Waals surface area contributed by atoms with Crippen LogP contribution in [0.5, 0.6) is 5.75 Å². The summed E-state index contributed by atoms with van der Waals surface area (Å²) in [6.45, 7) is 14.9. The number of thiol groups is 1. The van der Waals surface area contributed by atoms with Crippen molar-refractivity contribution >= 4 is 12.6 Å². The van der Waals surface area contributed by atoms with Gasteiger partial charge in [-0.15, -0.1) is 12.3 Å². The van der Waals surface area contributed by atoms with Crippen LogP contribution in [0.3, 0.4) is 0 Å². The van der Waals surface area contributed by atoms with Crippen molar-refractivity contribution in [1.82, 2.24) is 0 Å². The van der Waals surface area contributed by atoms with Gasteiger partial charge in [-0.25, -0.2) is 0 Å². The van der Waals surface area contributed by atoms with Crippen LogP contribution in [-0.2, 0) is 10.8 Å². The second-order valence-electron chi connectivity index (χ2n) is 9.33. The Morgan fingerprint density at radius 2 is 1.44 bits per heavy atom. The molecule has 0 spiro atoms. The first-order chi connectivity index (χ1) is 11.4. The predicted octanol–water partition coefficient (Wildman–Crippen LogP) is 6.40. The first-order valence-corrected chi connectivity index (χ1v) is 9.88. The molecule has 1 nitrogen and oxygen atoms in total. The number of phenols is 1. The summed E-state index contributed by atoms with van der Waals surface area (Å²) in [6, 6.07) is 4.18. The van der Waals surface area contributed by atoms with E-state index in [1.165, 1.54) is 31.2 Å². The van der Waals surface area contributed by atoms with Gasteiger partial charge in [-0.05, 0) is 41.7 Å². The van der Waals surface area contributed by atoms with Gasteiger partial charge in [0, 0.05) is 11.2 Å². The van der Waals surface area contributed by atoms with Crippen molar-refractivity contribution in [1.29, 1.82) is 0 Å². The molecule has 2 atom stereocenters. The standard InChI is InChI=1S/C15H24O.C8H12S/c1-10-8-11(14(2,3)4)13(16)12(9-10)15(5,6)7;1-2-7-5-3-4-6-8(7)9/h8-9,16H,1-7H3;1,7-9H,3-6H2/t;7?,8-/m.0/s1. The highest BCUT2D eigenvalue weighted by Gasteiger charge is 2.25. The summed E-state index contributed by atoms with van der Waals surface area (Å²) in [4.78, 5) is 0. The number of hydrogen-bond acceptors (Lipinski definition) is 2. The summed E-state index contributed by atoms with van der Waals surface area (Å²) in [5, 5.41) is 10.9. The molecule has 1 aromatic carbocycles. The van der Waals surface area contributed by atoms with Crippen LogP contribution in [0, 0.1) is 25.2 Å². The first-order valence-electron chi connectivity index (χ1n) is 9.36. The van der Waals surface area contributed by atoms with E-state index in [-0.39, 0.29) is 10.8 Å². The summed E-state index contributed by atoms with van der Waals surface area (Å²) in [6.07, 6.45) is 10.3. The van der Waals surface area contributed by atoms with E-state index in [2.05, 4.69) is 79.1 Å². The molecule has 2 heteroatoms. The van der Waals surface area contributed by atoms with Gasteiger partial charge in [0.05, 0.1) is 0 Å². The zero-order chi connectivity index (χ0) is 19.4. The van der Waals surface area contributed by atoms with Crippen LogP contribution in [0.1, 0.15) is 83.9 Å². The average Bonchev–Trinajstić information content (AvgIpc) is 2.48. The molecule has 0 amide bonds. The highest BCUT2D eigenvalue weighted by Crippen LogP contribution is 2.39. The van der Waals surface area contributed by atoms with E-state index in [0.717, 1.165) is 11.1 Å². The summed E-state index contributed by atoms with van der Waals surface area (Å²) < 4.78 is 0. The second kappa shape index (κ2) is 8.54. The van der Waals surface area contributed by atoms with Gasteiger partial charge < -0.3 is 5.11 Å². The molecule has 1 fully saturated rings. The lowest BCUT2D eigenvalue weighted by Gasteiger charge is -2.27. The van der Waals surface area contributed by atoms with Crippen LogP contribution in [0.25, 0.3) is 0 Å². The molecule has 1 saturated carbocycles. The molecule has 1 aliphatic rings. The molecule has 0 aliphatic heterocycles. The van der Waals surface area contributed by atoms with Gasteiger partial charge in [-0.2, -0.15) is 12.6 Å². The average molecular weight is 361 g/mol. The molecule has 1 unspecified atom stereocenters. The summed E-state index contributed by atoms with van der Waals surface area (Å²) in [5.74, 6) is 3.69. The fourth-order valence-electron chi connectivity index (χ4n) is 3.23. The minimum absolute atomic E-state index is 0.0178. The number of phenolic OH excluding ortho intramolecular Hbond substituents is 1. The fraction of sp³-hybridized carbons (Fsp3) is 0.652. The first kappa shape index (κ1) is 22.0. The molecule has 25 heavy (non-hydrogen) atoms. The van der Waals surface area contributed by atoms with Gasteiger partial charge in [-0.3, -0.25) is 0 Å². The molecule has 0 heterocycles. The Balaban J connectivity index is 0.000000293. The molecule has 1 N–H and O–H groups in total. The van der Waals surface area contributed by atoms with Crippen LogP contribution in [0.15, 0.2) is 12.1 Å². The Hall–Kier alpha value is -1.07. The number of benzene rings is 1. The Bertz CT molecular complexity index is 575. The molecular formula is C23H36OS. The van der Waals surface area contributed by atoms with Crippen LogP contribution >= 0.6 is 12.6 Å². The minimum Gasteiger partial charge on any atom is -0.507 e. The highest BCUT2D eigenvalue weighted by atomic mass is 32.1. The topological polar surface area (TPSA) is 20.2 Å². The van der Waals surface area contributed by atoms with E-state index in [1.807, 2.05) is 0 Å². The summed E-state index contributed by atoms with van der Waals surface area (Å²) in [5.41, 5.74) is 3.26. The van der Waals surface area contributed by atoms with Crippen LogP contribution in [-0.4, -0.2) is 10.4 Å². The zero-order valence-corrected chi connectivity index (χ0v) is 18.0. The maximum atomic E-state index is 10.4. The van der Waals surface area contributed by atoms with E-state index in [1.54, 1.807) is 0 Å². The number of hydrogen-bond donors (Lipinski definition) is 2. The third-order valence-corrected chi connectivity index (χ3v) is 5.43. The molecule has 0 bridgehead atoms. The van der Waals surface area contributed by atoms with Gasteiger partial charge in [0.1, 0.15) is 5.75 Å². The monoisotopic (exact) mass is 360 g/mol. The van der Waals surface area contributed by atoms with Crippen molar-refractivity contribution in [2.75, 3.05) is 0 Å². The number of aryl methyl sites for hydroxylation is 1. The Labute approximate surface area is 161 Å². The van der Waals surface area contributed by atoms with E-state index in [9.17, 15) is 5.11 Å². The van der Waals surface area contributed by atoms with Crippen molar-refractivity contribution in [3.05, 3.63) is 28.8 Å². The van der Waals surface area contributed by atoms with Crippen molar-refractivity contribution in [2.24, 2.45) is 5.92 Å². The van der Waals surface area contributed by atoms with Crippen LogP contribution in [0.4, 0.5) is 0 Å². The van der Waals surface area contributed by atoms with Crippen molar-refractivity contribution in [3.8, 4) is 18.1 Å². The van der Waals surface area contributed by atoms with Crippen molar-refractivity contribution in [2.45, 2.75) is 90.2 Å². The molecule has 0 radical (unpaired) electrons. The smallest absolute Gasteiger partial charge is 0.123 e. The largest absolute Gasteiger partial charge is 0.507 e. The molecule has 1 aliphatic carbocycles. The van der Waals surface area contributed by atoms with Gasteiger partial charge in [0.2, 0.25) is 0 Å². The molecule has 2 rings (SSSR count). The lowest BCUT2D eigenvalue weighted by atomic mass is 9.78. The van der Waals surface area contributed by atoms with E-state index in [0.29, 0.717) is 16.9 Å². The quantitative estimate of drug-likeness (QED) is 0.405. The Morgan fingerprint density at radius 3 is 1.76 bits per heavy atom. The molecule has 0 saturated heterocycles. The van der Waals surface area contributed by atoms with Crippen molar-refractivity contribution in [3.63, 3.8) is 0 Å². The highest BCUT2D eigenvalue weighted by molar-refractivity contribution is 7.81. The van der Waals surface area contributed by atoms with E-state index in [4.69, 9.17) is 6.42 Å². The van der Waals surface area contributed by atoms with Gasteiger partial charge in [0.25, 0.3) is 0 Å². The third kappa shape index (κ3) is 6.30. The number of terminal acetylenes is 1. The van der Waals surface area contributed by atoms with Gasteiger partial charge >= 0.3 is 0 Å². The number of aromatic hydroxyl groups is 1. The van der Waals surface area contributed by atoms with Crippen LogP contribution < -0.4 is 0 Å². The minimum atomic E-state index is -0.0178. The van der Waals surface area contributed by atoms with Gasteiger partial charge in [-0.1, -0.05) is 72.1 Å². The second-order valence-corrected chi connectivity index (χ2v) is 10.00. The van der Waals surface area contributed by atoms with Crippen molar-refractivity contribution < 1.29 is 5.11 Å². The molecule has 140 valence electrons. The number of rotatable bonds is 0.